The third-order valence-corrected chi connectivity index (χ3v) is 13.1. The molecule has 7 aromatic rings. The van der Waals surface area contributed by atoms with Crippen LogP contribution < -0.4 is 37.9 Å². The molecule has 0 fully saturated rings. The number of amides is 2. The van der Waals surface area contributed by atoms with Crippen LogP contribution in [0.3, 0.4) is 0 Å². The zero-order valence-corrected chi connectivity index (χ0v) is 41.0. The average molecular weight is 996 g/mol. The van der Waals surface area contributed by atoms with Gasteiger partial charge in [-0.25, -0.2) is 0 Å². The number of benzene rings is 7. The predicted molar refractivity (Wildman–Crippen MR) is 271 cm³/mol. The van der Waals surface area contributed by atoms with Crippen LogP contribution in [0.25, 0.3) is 0 Å². The minimum absolute atomic E-state index is 0.0841. The molecular weight excluding hydrogens is 944 g/mol. The molecule has 10 rings (SSSR count). The van der Waals surface area contributed by atoms with Crippen LogP contribution >= 0.6 is 23.2 Å². The van der Waals surface area contributed by atoms with Gasteiger partial charge in [0.25, 0.3) is 11.8 Å². The highest BCUT2D eigenvalue weighted by atomic mass is 35.5. The number of carbonyl (C=O) groups is 2. The van der Waals surface area contributed by atoms with Gasteiger partial charge in [0.05, 0.1) is 33.4 Å². The fourth-order valence-corrected chi connectivity index (χ4v) is 9.32. The summed E-state index contributed by atoms with van der Waals surface area (Å²) in [6.45, 7) is 2.36. The molecule has 3 aliphatic heterocycles. The molecule has 2 unspecified atom stereocenters. The molecule has 14 heteroatoms. The Morgan fingerprint density at radius 3 is 1.52 bits per heavy atom. The van der Waals surface area contributed by atoms with Gasteiger partial charge in [0.1, 0.15) is 42.8 Å². The quantitative estimate of drug-likeness (QED) is 0.104. The summed E-state index contributed by atoms with van der Waals surface area (Å²) in [6.07, 6.45) is 1.41. The number of halogens is 2. The maximum absolute atomic E-state index is 13.6. The van der Waals surface area contributed by atoms with E-state index in [4.69, 9.17) is 61.1 Å². The monoisotopic (exact) mass is 994 g/mol. The largest absolute Gasteiger partial charge is 0.497 e. The summed E-state index contributed by atoms with van der Waals surface area (Å²) in [4.78, 5) is 30.8. The molecule has 0 N–H and O–H groups in total. The lowest BCUT2D eigenvalue weighted by atomic mass is 9.91. The van der Waals surface area contributed by atoms with Gasteiger partial charge in [-0.3, -0.25) is 9.59 Å². The first-order chi connectivity index (χ1) is 34.7. The van der Waals surface area contributed by atoms with Crippen molar-refractivity contribution >= 4 is 35.0 Å². The molecule has 2 atom stereocenters. The summed E-state index contributed by atoms with van der Waals surface area (Å²) in [5.41, 5.74) is 6.40. The van der Waals surface area contributed by atoms with Gasteiger partial charge in [-0.15, -0.1) is 0 Å². The Labute approximate surface area is 423 Å². The van der Waals surface area contributed by atoms with E-state index in [0.717, 1.165) is 51.5 Å². The molecule has 364 valence electrons. The second-order valence-corrected chi connectivity index (χ2v) is 17.8. The van der Waals surface area contributed by atoms with E-state index < -0.39 is 0 Å². The molecule has 0 aliphatic carbocycles. The van der Waals surface area contributed by atoms with Crippen LogP contribution in [0.15, 0.2) is 152 Å². The lowest BCUT2D eigenvalue weighted by molar-refractivity contribution is 0.0583. The predicted octanol–water partition coefficient (Wildman–Crippen LogP) is 11.7. The number of hydrogen-bond acceptors (Lipinski definition) is 10. The molecule has 0 radical (unpaired) electrons. The first-order valence-corrected chi connectivity index (χ1v) is 23.9. The van der Waals surface area contributed by atoms with E-state index in [1.54, 1.807) is 69.9 Å². The third-order valence-electron chi connectivity index (χ3n) is 12.6. The maximum atomic E-state index is 13.6. The minimum atomic E-state index is -0.339. The molecule has 3 aliphatic rings. The van der Waals surface area contributed by atoms with Crippen LogP contribution in [0.1, 0.15) is 60.6 Å². The first kappa shape index (κ1) is 48.5. The smallest absolute Gasteiger partial charge is 0.254 e. The Bertz CT molecular complexity index is 2970. The molecule has 0 aromatic heterocycles. The number of nitrogens with zero attached hydrogens (tertiary/aromatic N) is 2. The van der Waals surface area contributed by atoms with Crippen molar-refractivity contribution in [3.05, 3.63) is 201 Å². The van der Waals surface area contributed by atoms with Crippen LogP contribution in [0.5, 0.6) is 46.0 Å². The summed E-state index contributed by atoms with van der Waals surface area (Å²) in [6, 6.07) is 46.3. The lowest BCUT2D eigenvalue weighted by Gasteiger charge is -2.37. The molecule has 3 heterocycles. The number of carbonyl (C=O) groups excluding carboxylic acids is 2. The van der Waals surface area contributed by atoms with Gasteiger partial charge in [0.2, 0.25) is 6.79 Å². The second kappa shape index (κ2) is 22.5. The number of hydrogen-bond donors (Lipinski definition) is 0. The highest BCUT2D eigenvalue weighted by Crippen LogP contribution is 2.42. The molecule has 12 nitrogen and oxygen atoms in total. The van der Waals surface area contributed by atoms with Crippen LogP contribution in [0.4, 0.5) is 0 Å². The van der Waals surface area contributed by atoms with Crippen molar-refractivity contribution in [1.29, 1.82) is 0 Å². The van der Waals surface area contributed by atoms with Crippen molar-refractivity contribution in [3.63, 3.8) is 0 Å². The van der Waals surface area contributed by atoms with Crippen LogP contribution in [0.2, 0.25) is 10.0 Å². The summed E-state index contributed by atoms with van der Waals surface area (Å²) in [5.74, 6) is 5.42. The van der Waals surface area contributed by atoms with Crippen LogP contribution in [-0.2, 0) is 19.4 Å². The Morgan fingerprint density at radius 1 is 0.521 bits per heavy atom. The molecule has 0 saturated carbocycles. The Kier molecular flexibility index (Phi) is 15.3. The van der Waals surface area contributed by atoms with Gasteiger partial charge in [-0.2, -0.15) is 0 Å². The standard InChI is InChI=1S/C32H30ClNO5.C25H22ClNO5/c1-36-30-18-23-15-16-34(32(35)24-9-6-10-25(33)17-24)29(28(23)19-31(30)37-2)21-39-27-13-11-26(12-14-27)38-20-22-7-4-3-5-8-22;1-29-19-5-7-20(8-6-19)30-14-22-21-13-24-23(31-15-32-24)12-16(21)9-10-27(22)25(28)17-3-2-4-18(26)11-17/h3-14,17-19,29H,15-16,20-21H2,1-2H3;2-8,11-13,22H,9-10,14-15H2,1H3. The SMILES string of the molecule is COc1cc2c(cc1OC)C(COc1ccc(OCc3ccccc3)cc1)N(C(=O)c1cccc(Cl)c1)CC2.COc1ccc(OCC2c3cc4c(cc3CCN2C(=O)c2cccc(Cl)c2)OCO4)cc1. The fraction of sp³-hybridized carbons (Fsp3) is 0.228. The highest BCUT2D eigenvalue weighted by Gasteiger charge is 2.35. The first-order valence-electron chi connectivity index (χ1n) is 23.1. The van der Waals surface area contributed by atoms with E-state index in [2.05, 4.69) is 0 Å². The highest BCUT2D eigenvalue weighted by molar-refractivity contribution is 6.31. The molecular formula is C57H52Cl2N2O10. The Balaban J connectivity index is 0.000000179. The van der Waals surface area contributed by atoms with Crippen LogP contribution in [0, 0.1) is 0 Å². The average Bonchev–Trinajstić information content (AvgIpc) is 3.88. The molecule has 2 amide bonds. The van der Waals surface area contributed by atoms with Crippen molar-refractivity contribution in [1.82, 2.24) is 9.80 Å². The van der Waals surface area contributed by atoms with Crippen LogP contribution in [-0.4, -0.2) is 76.0 Å². The Hall–Kier alpha value is -7.54. The molecule has 7 aromatic carbocycles. The van der Waals surface area contributed by atoms with Crippen molar-refractivity contribution < 1.29 is 47.5 Å². The van der Waals surface area contributed by atoms with Crippen molar-refractivity contribution in [3.8, 4) is 46.0 Å². The number of methoxy groups -OCH3 is 3. The van der Waals surface area contributed by atoms with Gasteiger partial charge >= 0.3 is 0 Å². The van der Waals surface area contributed by atoms with E-state index in [9.17, 15) is 9.59 Å². The summed E-state index contributed by atoms with van der Waals surface area (Å²) < 4.78 is 45.7. The number of fused-ring (bicyclic) bond motifs is 3. The second-order valence-electron chi connectivity index (χ2n) is 16.9. The lowest BCUT2D eigenvalue weighted by Crippen LogP contribution is -2.42. The number of ether oxygens (including phenoxy) is 8. The molecule has 0 bridgehead atoms. The summed E-state index contributed by atoms with van der Waals surface area (Å²) in [7, 11) is 4.85. The topological polar surface area (TPSA) is 114 Å². The van der Waals surface area contributed by atoms with Gasteiger partial charge in [0.15, 0.2) is 23.0 Å². The van der Waals surface area contributed by atoms with Gasteiger partial charge in [0, 0.05) is 34.3 Å². The maximum Gasteiger partial charge on any atom is 0.254 e. The van der Waals surface area contributed by atoms with Gasteiger partial charge in [-0.1, -0.05) is 65.7 Å². The Morgan fingerprint density at radius 2 is 1.00 bits per heavy atom. The van der Waals surface area contributed by atoms with Crippen molar-refractivity contribution in [2.75, 3.05) is 54.4 Å². The van der Waals surface area contributed by atoms with Crippen molar-refractivity contribution in [2.45, 2.75) is 31.5 Å². The van der Waals surface area contributed by atoms with E-state index in [1.807, 2.05) is 113 Å². The minimum Gasteiger partial charge on any atom is -0.497 e. The molecule has 0 saturated heterocycles. The zero-order chi connectivity index (χ0) is 49.3. The summed E-state index contributed by atoms with van der Waals surface area (Å²) >= 11 is 12.3. The third kappa shape index (κ3) is 11.4. The fourth-order valence-electron chi connectivity index (χ4n) is 8.93. The van der Waals surface area contributed by atoms with Crippen molar-refractivity contribution in [2.24, 2.45) is 0 Å². The van der Waals surface area contributed by atoms with E-state index >= 15 is 0 Å². The summed E-state index contributed by atoms with van der Waals surface area (Å²) in [5, 5.41) is 1.05. The van der Waals surface area contributed by atoms with Gasteiger partial charge in [-0.05, 0) is 150 Å². The normalized spacial score (nSPS) is 15.3. The van der Waals surface area contributed by atoms with E-state index in [1.165, 1.54) is 0 Å². The number of rotatable bonds is 14. The zero-order valence-electron chi connectivity index (χ0n) is 39.5. The van der Waals surface area contributed by atoms with E-state index in [0.29, 0.717) is 82.6 Å². The van der Waals surface area contributed by atoms with E-state index in [-0.39, 0.29) is 37.3 Å². The molecule has 71 heavy (non-hydrogen) atoms. The molecule has 0 spiro atoms. The van der Waals surface area contributed by atoms with Gasteiger partial charge < -0.3 is 47.7 Å².